The molecule has 19 heavy (non-hydrogen) atoms. The van der Waals surface area contributed by atoms with Crippen LogP contribution in [0.15, 0.2) is 0 Å². The fraction of sp³-hybridized carbons (Fsp3) is 0.857. The molecule has 110 valence electrons. The van der Waals surface area contributed by atoms with Crippen LogP contribution < -0.4 is 5.32 Å². The van der Waals surface area contributed by atoms with E-state index in [1.54, 1.807) is 0 Å². The van der Waals surface area contributed by atoms with Crippen molar-refractivity contribution in [3.63, 3.8) is 0 Å². The Kier molecular flexibility index (Phi) is 5.79. The molecule has 0 aromatic rings. The van der Waals surface area contributed by atoms with E-state index in [9.17, 15) is 14.7 Å². The molecule has 1 saturated heterocycles. The van der Waals surface area contributed by atoms with E-state index in [1.165, 1.54) is 0 Å². The molecule has 0 saturated carbocycles. The molecule has 1 aliphatic heterocycles. The molecule has 0 spiro atoms. The van der Waals surface area contributed by atoms with Gasteiger partial charge < -0.3 is 15.2 Å². The average molecular weight is 271 g/mol. The van der Waals surface area contributed by atoms with E-state index >= 15 is 0 Å². The molecule has 1 rings (SSSR count). The maximum atomic E-state index is 11.8. The highest BCUT2D eigenvalue weighted by atomic mass is 16.5. The predicted octanol–water partition coefficient (Wildman–Crippen LogP) is 1.67. The molecule has 1 fully saturated rings. The maximum absolute atomic E-state index is 11.8. The second-order valence-corrected chi connectivity index (χ2v) is 5.90. The van der Waals surface area contributed by atoms with Crippen LogP contribution in [0.1, 0.15) is 40.0 Å². The highest BCUT2D eigenvalue weighted by molar-refractivity contribution is 5.79. The minimum atomic E-state index is -0.852. The minimum absolute atomic E-state index is 0.0617. The number of carbonyl (C=O) groups excluding carboxylic acids is 1. The van der Waals surface area contributed by atoms with Crippen LogP contribution in [-0.4, -0.2) is 36.7 Å². The van der Waals surface area contributed by atoms with Gasteiger partial charge in [0.15, 0.2) is 0 Å². The molecule has 1 atom stereocenters. The summed E-state index contributed by atoms with van der Waals surface area (Å²) in [5.74, 6) is -0.154. The van der Waals surface area contributed by atoms with Gasteiger partial charge in [-0.2, -0.15) is 0 Å². The summed E-state index contributed by atoms with van der Waals surface area (Å²) >= 11 is 0. The first kappa shape index (κ1) is 16.0. The van der Waals surface area contributed by atoms with Gasteiger partial charge in [0, 0.05) is 26.2 Å². The van der Waals surface area contributed by atoms with Crippen LogP contribution in [0.5, 0.6) is 0 Å². The lowest BCUT2D eigenvalue weighted by atomic mass is 9.80. The lowest BCUT2D eigenvalue weighted by Gasteiger charge is -2.33. The topological polar surface area (TPSA) is 75.6 Å². The van der Waals surface area contributed by atoms with Gasteiger partial charge in [-0.15, -0.1) is 0 Å². The van der Waals surface area contributed by atoms with Crippen molar-refractivity contribution in [3.05, 3.63) is 0 Å². The third-order valence-corrected chi connectivity index (χ3v) is 4.17. The number of amides is 1. The molecule has 0 aliphatic carbocycles. The first-order chi connectivity index (χ1) is 8.87. The van der Waals surface area contributed by atoms with Gasteiger partial charge in [0.1, 0.15) is 0 Å². The van der Waals surface area contributed by atoms with Crippen molar-refractivity contribution in [2.45, 2.75) is 40.0 Å². The van der Waals surface area contributed by atoms with Crippen LogP contribution in [0.2, 0.25) is 0 Å². The molecule has 0 radical (unpaired) electrons. The number of aliphatic carboxylic acids is 1. The summed E-state index contributed by atoms with van der Waals surface area (Å²) in [6.45, 7) is 7.29. The van der Waals surface area contributed by atoms with Gasteiger partial charge in [-0.3, -0.25) is 9.59 Å². The number of nitrogens with one attached hydrogen (secondary N) is 1. The number of carbonyl (C=O) groups is 2. The summed E-state index contributed by atoms with van der Waals surface area (Å²) in [7, 11) is 0. The third kappa shape index (κ3) is 4.49. The number of hydrogen-bond donors (Lipinski definition) is 2. The van der Waals surface area contributed by atoms with Crippen molar-refractivity contribution in [2.24, 2.45) is 17.3 Å². The van der Waals surface area contributed by atoms with Crippen LogP contribution >= 0.6 is 0 Å². The molecule has 1 aliphatic rings. The molecule has 0 aromatic carbocycles. The highest BCUT2D eigenvalue weighted by Crippen LogP contribution is 2.30. The molecule has 2 N–H and O–H groups in total. The van der Waals surface area contributed by atoms with Crippen LogP contribution in [-0.2, 0) is 14.3 Å². The number of ether oxygens (including phenoxy) is 1. The number of carboxylic acids is 1. The minimum Gasteiger partial charge on any atom is -0.481 e. The van der Waals surface area contributed by atoms with E-state index in [0.29, 0.717) is 44.3 Å². The fourth-order valence-corrected chi connectivity index (χ4v) is 2.10. The first-order valence-electron chi connectivity index (χ1n) is 6.95. The van der Waals surface area contributed by atoms with Gasteiger partial charge in [0.05, 0.1) is 5.41 Å². The fourth-order valence-electron chi connectivity index (χ4n) is 2.10. The monoisotopic (exact) mass is 271 g/mol. The Morgan fingerprint density at radius 3 is 2.32 bits per heavy atom. The molecular weight excluding hydrogens is 246 g/mol. The summed E-state index contributed by atoms with van der Waals surface area (Å²) < 4.78 is 5.20. The lowest BCUT2D eigenvalue weighted by Crippen LogP contribution is -2.46. The Labute approximate surface area is 114 Å². The first-order valence-corrected chi connectivity index (χ1v) is 6.95. The van der Waals surface area contributed by atoms with Crippen LogP contribution in [0.3, 0.4) is 0 Å². The normalized spacial score (nSPS) is 20.0. The summed E-state index contributed by atoms with van der Waals surface area (Å²) in [5, 5.41) is 12.1. The van der Waals surface area contributed by atoms with Crippen LogP contribution in [0, 0.1) is 17.3 Å². The molecule has 5 nitrogen and oxygen atoms in total. The molecule has 1 unspecified atom stereocenters. The quantitative estimate of drug-likeness (QED) is 0.770. The number of rotatable bonds is 6. The van der Waals surface area contributed by atoms with Crippen LogP contribution in [0.25, 0.3) is 0 Å². The standard InChI is InChI=1S/C14H25NO4/c1-10(2)11(3)8-12(16)15-9-14(13(17)18)4-6-19-7-5-14/h10-11H,4-9H2,1-3H3,(H,15,16)(H,17,18). The van der Waals surface area contributed by atoms with Crippen molar-refractivity contribution >= 4 is 11.9 Å². The Morgan fingerprint density at radius 1 is 1.26 bits per heavy atom. The van der Waals surface area contributed by atoms with E-state index < -0.39 is 11.4 Å². The second-order valence-electron chi connectivity index (χ2n) is 5.90. The van der Waals surface area contributed by atoms with Gasteiger partial charge in [0.25, 0.3) is 0 Å². The van der Waals surface area contributed by atoms with Gasteiger partial charge in [-0.25, -0.2) is 0 Å². The van der Waals surface area contributed by atoms with Crippen LogP contribution in [0.4, 0.5) is 0 Å². The summed E-state index contributed by atoms with van der Waals surface area (Å²) in [5.41, 5.74) is -0.852. The summed E-state index contributed by atoms with van der Waals surface area (Å²) in [6, 6.07) is 0. The SMILES string of the molecule is CC(C)C(C)CC(=O)NCC1(C(=O)O)CCOCC1. The van der Waals surface area contributed by atoms with Gasteiger partial charge in [0.2, 0.25) is 5.91 Å². The molecule has 5 heteroatoms. The third-order valence-electron chi connectivity index (χ3n) is 4.17. The van der Waals surface area contributed by atoms with Gasteiger partial charge >= 0.3 is 5.97 Å². The largest absolute Gasteiger partial charge is 0.481 e. The molecule has 0 aromatic heterocycles. The van der Waals surface area contributed by atoms with Crippen molar-refractivity contribution < 1.29 is 19.4 Å². The van der Waals surface area contributed by atoms with E-state index in [0.717, 1.165) is 0 Å². The molecular formula is C14H25NO4. The van der Waals surface area contributed by atoms with Gasteiger partial charge in [-0.1, -0.05) is 20.8 Å². The Balaban J connectivity index is 2.48. The Hall–Kier alpha value is -1.10. The summed E-state index contributed by atoms with van der Waals surface area (Å²) in [4.78, 5) is 23.2. The lowest BCUT2D eigenvalue weighted by molar-refractivity contribution is -0.154. The van der Waals surface area contributed by atoms with Crippen molar-refractivity contribution in [1.29, 1.82) is 0 Å². The van der Waals surface area contributed by atoms with Crippen molar-refractivity contribution in [2.75, 3.05) is 19.8 Å². The Bertz CT molecular complexity index is 321. The van der Waals surface area contributed by atoms with E-state index in [-0.39, 0.29) is 12.5 Å². The van der Waals surface area contributed by atoms with E-state index in [4.69, 9.17) is 4.74 Å². The van der Waals surface area contributed by atoms with E-state index in [1.807, 2.05) is 6.92 Å². The molecule has 1 heterocycles. The Morgan fingerprint density at radius 2 is 1.84 bits per heavy atom. The zero-order valence-corrected chi connectivity index (χ0v) is 12.1. The molecule has 0 bridgehead atoms. The smallest absolute Gasteiger partial charge is 0.311 e. The van der Waals surface area contributed by atoms with Crippen molar-refractivity contribution in [1.82, 2.24) is 5.32 Å². The second kappa shape index (κ2) is 6.89. The number of carboxylic acid groups (broad SMARTS) is 1. The summed E-state index contributed by atoms with van der Waals surface area (Å²) in [6.07, 6.45) is 1.37. The molecule has 1 amide bonds. The van der Waals surface area contributed by atoms with Gasteiger partial charge in [-0.05, 0) is 24.7 Å². The number of hydrogen-bond acceptors (Lipinski definition) is 3. The van der Waals surface area contributed by atoms with Crippen molar-refractivity contribution in [3.8, 4) is 0 Å². The zero-order valence-electron chi connectivity index (χ0n) is 12.1. The maximum Gasteiger partial charge on any atom is 0.311 e. The average Bonchev–Trinajstić information content (AvgIpc) is 2.37. The van der Waals surface area contributed by atoms with E-state index in [2.05, 4.69) is 19.2 Å². The zero-order chi connectivity index (χ0) is 14.5. The highest BCUT2D eigenvalue weighted by Gasteiger charge is 2.40. The predicted molar refractivity (Wildman–Crippen MR) is 71.8 cm³/mol.